The smallest absolute Gasteiger partial charge is 0.260 e. The molecule has 0 aliphatic rings. The number of carbonyl (C=O) groups excluding carboxylic acids is 1. The Morgan fingerprint density at radius 1 is 1.00 bits per heavy atom. The molecule has 2 N–H and O–H groups in total. The first-order chi connectivity index (χ1) is 12.4. The minimum Gasteiger partial charge on any atom is -0.338 e. The molecule has 0 saturated carbocycles. The first-order valence-corrected chi connectivity index (χ1v) is 7.75. The highest BCUT2D eigenvalue weighted by atomic mass is 35.5. The van der Waals surface area contributed by atoms with Gasteiger partial charge in [0.1, 0.15) is 23.3 Å². The first kappa shape index (κ1) is 17.8. The summed E-state index contributed by atoms with van der Waals surface area (Å²) in [6.45, 7) is 0. The third kappa shape index (κ3) is 3.94. The second-order valence-electron chi connectivity index (χ2n) is 5.23. The van der Waals surface area contributed by atoms with E-state index in [0.717, 1.165) is 18.2 Å². The number of pyridine rings is 1. The predicted octanol–water partition coefficient (Wildman–Crippen LogP) is 5.15. The Balaban J connectivity index is 1.72. The SMILES string of the molecule is O=C(Nc1ccc(Nc2ccc(F)cc2F)nc1)c1c(F)cccc1Cl. The van der Waals surface area contributed by atoms with E-state index < -0.39 is 23.4 Å². The maximum absolute atomic E-state index is 13.7. The highest BCUT2D eigenvalue weighted by Gasteiger charge is 2.16. The molecule has 0 aliphatic carbocycles. The van der Waals surface area contributed by atoms with Crippen molar-refractivity contribution in [2.24, 2.45) is 0 Å². The predicted molar refractivity (Wildman–Crippen MR) is 93.2 cm³/mol. The molecule has 2 aromatic carbocycles. The molecule has 132 valence electrons. The van der Waals surface area contributed by atoms with Crippen LogP contribution in [0.1, 0.15) is 10.4 Å². The summed E-state index contributed by atoms with van der Waals surface area (Å²) in [5, 5.41) is 5.14. The molecule has 1 amide bonds. The van der Waals surface area contributed by atoms with Gasteiger partial charge in [-0.25, -0.2) is 18.2 Å². The second-order valence-corrected chi connectivity index (χ2v) is 5.64. The Kier molecular flexibility index (Phi) is 5.09. The van der Waals surface area contributed by atoms with Crippen molar-refractivity contribution < 1.29 is 18.0 Å². The fourth-order valence-corrected chi connectivity index (χ4v) is 2.43. The zero-order chi connectivity index (χ0) is 18.7. The normalized spacial score (nSPS) is 10.5. The average Bonchev–Trinajstić information content (AvgIpc) is 2.59. The number of nitrogens with zero attached hydrogens (tertiary/aromatic N) is 1. The molecule has 8 heteroatoms. The lowest BCUT2D eigenvalue weighted by Crippen LogP contribution is -2.14. The Hall–Kier alpha value is -3.06. The second kappa shape index (κ2) is 7.45. The molecular weight excluding hydrogens is 367 g/mol. The van der Waals surface area contributed by atoms with Gasteiger partial charge in [0, 0.05) is 6.07 Å². The topological polar surface area (TPSA) is 54.0 Å². The summed E-state index contributed by atoms with van der Waals surface area (Å²) < 4.78 is 40.3. The van der Waals surface area contributed by atoms with Gasteiger partial charge >= 0.3 is 0 Å². The molecule has 0 bridgehead atoms. The van der Waals surface area contributed by atoms with Gasteiger partial charge in [0.15, 0.2) is 0 Å². The lowest BCUT2D eigenvalue weighted by atomic mass is 10.2. The zero-order valence-electron chi connectivity index (χ0n) is 13.1. The van der Waals surface area contributed by atoms with Crippen LogP contribution < -0.4 is 10.6 Å². The van der Waals surface area contributed by atoms with Crippen LogP contribution in [0.5, 0.6) is 0 Å². The van der Waals surface area contributed by atoms with Crippen molar-refractivity contribution >= 4 is 34.7 Å². The van der Waals surface area contributed by atoms with Crippen LogP contribution in [0, 0.1) is 17.5 Å². The van der Waals surface area contributed by atoms with Crippen LogP contribution in [-0.4, -0.2) is 10.9 Å². The number of benzene rings is 2. The highest BCUT2D eigenvalue weighted by Crippen LogP contribution is 2.22. The van der Waals surface area contributed by atoms with Gasteiger partial charge < -0.3 is 10.6 Å². The Morgan fingerprint density at radius 2 is 1.81 bits per heavy atom. The summed E-state index contributed by atoms with van der Waals surface area (Å²) in [6.07, 6.45) is 1.30. The molecule has 0 spiro atoms. The lowest BCUT2D eigenvalue weighted by Gasteiger charge is -2.09. The van der Waals surface area contributed by atoms with Gasteiger partial charge in [0.2, 0.25) is 0 Å². The molecule has 3 rings (SSSR count). The van der Waals surface area contributed by atoms with E-state index in [1.165, 1.54) is 36.5 Å². The van der Waals surface area contributed by atoms with Crippen molar-refractivity contribution in [3.05, 3.63) is 82.8 Å². The minimum atomic E-state index is -0.765. The highest BCUT2D eigenvalue weighted by molar-refractivity contribution is 6.34. The maximum Gasteiger partial charge on any atom is 0.260 e. The van der Waals surface area contributed by atoms with E-state index in [0.29, 0.717) is 5.69 Å². The van der Waals surface area contributed by atoms with Gasteiger partial charge in [-0.1, -0.05) is 17.7 Å². The third-order valence-electron chi connectivity index (χ3n) is 3.41. The molecule has 4 nitrogen and oxygen atoms in total. The molecule has 0 saturated heterocycles. The molecule has 3 aromatic rings. The molecular formula is C18H11ClF3N3O. The fourth-order valence-electron chi connectivity index (χ4n) is 2.18. The Morgan fingerprint density at radius 3 is 2.46 bits per heavy atom. The standard InChI is InChI=1S/C18H11ClF3N3O/c19-12-2-1-3-13(21)17(12)18(26)24-11-5-7-16(23-9-11)25-15-6-4-10(20)8-14(15)22/h1-9H,(H,23,25)(H,24,26). The van der Waals surface area contributed by atoms with Crippen molar-refractivity contribution in [2.45, 2.75) is 0 Å². The average molecular weight is 378 g/mol. The number of rotatable bonds is 4. The molecule has 0 radical (unpaired) electrons. The maximum atomic E-state index is 13.7. The minimum absolute atomic E-state index is 0.0134. The van der Waals surface area contributed by atoms with E-state index in [1.807, 2.05) is 0 Å². The summed E-state index contributed by atoms with van der Waals surface area (Å²) in [5.74, 6) is -2.64. The monoisotopic (exact) mass is 377 g/mol. The van der Waals surface area contributed by atoms with Crippen molar-refractivity contribution in [1.82, 2.24) is 4.98 Å². The van der Waals surface area contributed by atoms with Gasteiger partial charge in [-0.15, -0.1) is 0 Å². The number of hydrogen-bond donors (Lipinski definition) is 2. The number of aromatic nitrogens is 1. The van der Waals surface area contributed by atoms with Crippen molar-refractivity contribution in [1.29, 1.82) is 0 Å². The quantitative estimate of drug-likeness (QED) is 0.661. The van der Waals surface area contributed by atoms with Crippen LogP contribution in [0.2, 0.25) is 5.02 Å². The number of halogens is 4. The number of amides is 1. The first-order valence-electron chi connectivity index (χ1n) is 7.37. The van der Waals surface area contributed by atoms with Gasteiger partial charge in [0.25, 0.3) is 5.91 Å². The van der Waals surface area contributed by atoms with Crippen molar-refractivity contribution in [3.8, 4) is 0 Å². The zero-order valence-corrected chi connectivity index (χ0v) is 13.8. The van der Waals surface area contributed by atoms with Crippen LogP contribution >= 0.6 is 11.6 Å². The van der Waals surface area contributed by atoms with Crippen LogP contribution in [-0.2, 0) is 0 Å². The van der Waals surface area contributed by atoms with E-state index in [9.17, 15) is 18.0 Å². The van der Waals surface area contributed by atoms with Crippen LogP contribution in [0.25, 0.3) is 0 Å². The molecule has 0 unspecified atom stereocenters. The number of nitrogens with one attached hydrogen (secondary N) is 2. The summed E-state index contributed by atoms with van der Waals surface area (Å²) in [4.78, 5) is 16.2. The van der Waals surface area contributed by atoms with Gasteiger partial charge in [-0.2, -0.15) is 0 Å². The third-order valence-corrected chi connectivity index (χ3v) is 3.72. The molecule has 0 atom stereocenters. The van der Waals surface area contributed by atoms with Crippen molar-refractivity contribution in [2.75, 3.05) is 10.6 Å². The molecule has 26 heavy (non-hydrogen) atoms. The van der Waals surface area contributed by atoms with E-state index >= 15 is 0 Å². The number of anilines is 3. The Bertz CT molecular complexity index is 944. The largest absolute Gasteiger partial charge is 0.338 e. The fraction of sp³-hybridized carbons (Fsp3) is 0. The van der Waals surface area contributed by atoms with Crippen LogP contribution in [0.15, 0.2) is 54.7 Å². The summed E-state index contributed by atoms with van der Waals surface area (Å²) in [5.41, 5.74) is 0.0676. The lowest BCUT2D eigenvalue weighted by molar-refractivity contribution is 0.102. The summed E-state index contributed by atoms with van der Waals surface area (Å²) in [7, 11) is 0. The molecule has 1 aromatic heterocycles. The van der Waals surface area contributed by atoms with Crippen LogP contribution in [0.3, 0.4) is 0 Å². The van der Waals surface area contributed by atoms with E-state index in [1.54, 1.807) is 0 Å². The van der Waals surface area contributed by atoms with Gasteiger partial charge in [-0.05, 0) is 36.4 Å². The molecule has 0 fully saturated rings. The van der Waals surface area contributed by atoms with E-state index in [-0.39, 0.29) is 22.1 Å². The summed E-state index contributed by atoms with van der Waals surface area (Å²) in [6, 6.07) is 9.98. The molecule has 1 heterocycles. The van der Waals surface area contributed by atoms with Crippen molar-refractivity contribution in [3.63, 3.8) is 0 Å². The van der Waals surface area contributed by atoms with Gasteiger partial charge in [0.05, 0.1) is 28.2 Å². The Labute approximate surface area is 151 Å². The van der Waals surface area contributed by atoms with Gasteiger partial charge in [-0.3, -0.25) is 4.79 Å². The molecule has 0 aliphatic heterocycles. The summed E-state index contributed by atoms with van der Waals surface area (Å²) >= 11 is 5.84. The van der Waals surface area contributed by atoms with E-state index in [4.69, 9.17) is 11.6 Å². The number of hydrogen-bond acceptors (Lipinski definition) is 3. The number of carbonyl (C=O) groups is 1. The van der Waals surface area contributed by atoms with Crippen LogP contribution in [0.4, 0.5) is 30.4 Å². The van der Waals surface area contributed by atoms with E-state index in [2.05, 4.69) is 15.6 Å².